The summed E-state index contributed by atoms with van der Waals surface area (Å²) in [6.45, 7) is 0.546. The zero-order chi connectivity index (χ0) is 13.2. The van der Waals surface area contributed by atoms with Crippen LogP contribution in [-0.2, 0) is 20.0 Å². The maximum absolute atomic E-state index is 5.67. The van der Waals surface area contributed by atoms with Gasteiger partial charge in [0.05, 0.1) is 11.0 Å². The van der Waals surface area contributed by atoms with Crippen molar-refractivity contribution in [2.24, 2.45) is 12.8 Å². The Hall–Kier alpha value is -2.20. The highest BCUT2D eigenvalue weighted by atomic mass is 15.1. The second-order valence-corrected chi connectivity index (χ2v) is 4.65. The quantitative estimate of drug-likeness (QED) is 0.776. The standard InChI is InChI=1S/C15H16N4/c1-19-14-5-4-11(9-16)7-13(14)18-15(19)8-12-3-2-6-17-10-12/h2-7,10H,8-9,16H2,1H3. The molecule has 0 atom stereocenters. The van der Waals surface area contributed by atoms with Gasteiger partial charge in [0.15, 0.2) is 0 Å². The summed E-state index contributed by atoms with van der Waals surface area (Å²) in [5.74, 6) is 1.04. The van der Waals surface area contributed by atoms with E-state index in [4.69, 9.17) is 10.7 Å². The van der Waals surface area contributed by atoms with E-state index in [1.165, 1.54) is 5.56 Å². The lowest BCUT2D eigenvalue weighted by Crippen LogP contribution is -1.99. The van der Waals surface area contributed by atoms with Gasteiger partial charge in [-0.2, -0.15) is 0 Å². The Morgan fingerprint density at radius 2 is 2.11 bits per heavy atom. The van der Waals surface area contributed by atoms with Crippen LogP contribution in [0.3, 0.4) is 0 Å². The van der Waals surface area contributed by atoms with Gasteiger partial charge >= 0.3 is 0 Å². The van der Waals surface area contributed by atoms with E-state index in [1.54, 1.807) is 6.20 Å². The van der Waals surface area contributed by atoms with Crippen LogP contribution in [0.5, 0.6) is 0 Å². The fourth-order valence-electron chi connectivity index (χ4n) is 2.27. The van der Waals surface area contributed by atoms with Crippen LogP contribution in [-0.4, -0.2) is 14.5 Å². The van der Waals surface area contributed by atoms with E-state index in [2.05, 4.69) is 33.8 Å². The number of benzene rings is 1. The maximum atomic E-state index is 5.67. The minimum Gasteiger partial charge on any atom is -0.331 e. The number of rotatable bonds is 3. The molecule has 0 fully saturated rings. The van der Waals surface area contributed by atoms with E-state index < -0.39 is 0 Å². The molecule has 0 radical (unpaired) electrons. The van der Waals surface area contributed by atoms with Gasteiger partial charge in [-0.05, 0) is 29.3 Å². The van der Waals surface area contributed by atoms with Crippen LogP contribution in [0.2, 0.25) is 0 Å². The maximum Gasteiger partial charge on any atom is 0.114 e. The summed E-state index contributed by atoms with van der Waals surface area (Å²) in [4.78, 5) is 8.83. The fourth-order valence-corrected chi connectivity index (χ4v) is 2.27. The van der Waals surface area contributed by atoms with E-state index >= 15 is 0 Å². The number of nitrogens with zero attached hydrogens (tertiary/aromatic N) is 3. The molecule has 4 nitrogen and oxygen atoms in total. The van der Waals surface area contributed by atoms with E-state index in [0.717, 1.165) is 28.8 Å². The number of imidazole rings is 1. The number of hydrogen-bond donors (Lipinski definition) is 1. The van der Waals surface area contributed by atoms with Crippen molar-refractivity contribution in [3.05, 3.63) is 59.7 Å². The summed E-state index contributed by atoms with van der Waals surface area (Å²) >= 11 is 0. The van der Waals surface area contributed by atoms with Crippen LogP contribution in [0.15, 0.2) is 42.7 Å². The van der Waals surface area contributed by atoms with Gasteiger partial charge in [-0.3, -0.25) is 4.98 Å². The number of hydrogen-bond acceptors (Lipinski definition) is 3. The Bertz CT molecular complexity index is 701. The van der Waals surface area contributed by atoms with Crippen molar-refractivity contribution in [1.29, 1.82) is 0 Å². The van der Waals surface area contributed by atoms with Crippen molar-refractivity contribution in [2.45, 2.75) is 13.0 Å². The first-order valence-corrected chi connectivity index (χ1v) is 6.31. The Morgan fingerprint density at radius 1 is 1.21 bits per heavy atom. The third-order valence-corrected chi connectivity index (χ3v) is 3.36. The molecule has 0 saturated heterocycles. The molecule has 3 rings (SSSR count). The summed E-state index contributed by atoms with van der Waals surface area (Å²) in [5, 5.41) is 0. The highest BCUT2D eigenvalue weighted by Crippen LogP contribution is 2.18. The van der Waals surface area contributed by atoms with Gasteiger partial charge in [-0.25, -0.2) is 4.98 Å². The zero-order valence-electron chi connectivity index (χ0n) is 10.9. The lowest BCUT2D eigenvalue weighted by Gasteiger charge is -2.02. The molecule has 0 spiro atoms. The molecule has 1 aromatic carbocycles. The largest absolute Gasteiger partial charge is 0.331 e. The fraction of sp³-hybridized carbons (Fsp3) is 0.200. The first-order chi connectivity index (χ1) is 9.28. The molecule has 0 aliphatic carbocycles. The summed E-state index contributed by atoms with van der Waals surface area (Å²) in [7, 11) is 2.04. The van der Waals surface area contributed by atoms with Crippen molar-refractivity contribution >= 4 is 11.0 Å². The van der Waals surface area contributed by atoms with Gasteiger partial charge in [-0.15, -0.1) is 0 Å². The van der Waals surface area contributed by atoms with Gasteiger partial charge in [0, 0.05) is 32.4 Å². The van der Waals surface area contributed by atoms with E-state index in [1.807, 2.05) is 19.3 Å². The molecule has 2 heterocycles. The lowest BCUT2D eigenvalue weighted by molar-refractivity contribution is 0.842. The highest BCUT2D eigenvalue weighted by Gasteiger charge is 2.08. The van der Waals surface area contributed by atoms with Crippen LogP contribution in [0.1, 0.15) is 17.0 Å². The van der Waals surface area contributed by atoms with E-state index in [9.17, 15) is 0 Å². The van der Waals surface area contributed by atoms with Crippen LogP contribution >= 0.6 is 0 Å². The van der Waals surface area contributed by atoms with Crippen molar-refractivity contribution in [2.75, 3.05) is 0 Å². The molecular formula is C15H16N4. The first kappa shape index (κ1) is 11.9. The smallest absolute Gasteiger partial charge is 0.114 e. The molecule has 0 unspecified atom stereocenters. The van der Waals surface area contributed by atoms with Gasteiger partial charge in [0.25, 0.3) is 0 Å². The van der Waals surface area contributed by atoms with Crippen molar-refractivity contribution < 1.29 is 0 Å². The van der Waals surface area contributed by atoms with Gasteiger partial charge in [0.2, 0.25) is 0 Å². The summed E-state index contributed by atoms with van der Waals surface area (Å²) in [5.41, 5.74) is 10.1. The molecule has 0 aliphatic rings. The normalized spacial score (nSPS) is 11.1. The Labute approximate surface area is 111 Å². The molecule has 0 aliphatic heterocycles. The average Bonchev–Trinajstić information content (AvgIpc) is 2.76. The average molecular weight is 252 g/mol. The predicted octanol–water partition coefficient (Wildman–Crippen LogP) is 2.02. The minimum atomic E-state index is 0.546. The second-order valence-electron chi connectivity index (χ2n) is 4.65. The predicted molar refractivity (Wildman–Crippen MR) is 75.6 cm³/mol. The summed E-state index contributed by atoms with van der Waals surface area (Å²) in [6.07, 6.45) is 4.45. The second kappa shape index (κ2) is 4.82. The molecule has 4 heteroatoms. The number of nitrogens with two attached hydrogens (primary N) is 1. The van der Waals surface area contributed by atoms with E-state index in [0.29, 0.717) is 6.54 Å². The molecule has 0 bridgehead atoms. The molecule has 2 N–H and O–H groups in total. The monoisotopic (exact) mass is 252 g/mol. The number of pyridine rings is 1. The zero-order valence-corrected chi connectivity index (χ0v) is 10.9. The Kier molecular flexibility index (Phi) is 3.01. The van der Waals surface area contributed by atoms with Crippen molar-refractivity contribution in [3.8, 4) is 0 Å². The number of aromatic nitrogens is 3. The van der Waals surface area contributed by atoms with Crippen LogP contribution in [0.4, 0.5) is 0 Å². The topological polar surface area (TPSA) is 56.7 Å². The van der Waals surface area contributed by atoms with Crippen LogP contribution in [0, 0.1) is 0 Å². The highest BCUT2D eigenvalue weighted by molar-refractivity contribution is 5.76. The summed E-state index contributed by atoms with van der Waals surface area (Å²) in [6, 6.07) is 10.2. The van der Waals surface area contributed by atoms with Gasteiger partial charge in [-0.1, -0.05) is 12.1 Å². The minimum absolute atomic E-state index is 0.546. The SMILES string of the molecule is Cn1c(Cc2cccnc2)nc2cc(CN)ccc21. The molecule has 0 amide bonds. The summed E-state index contributed by atoms with van der Waals surface area (Å²) < 4.78 is 2.13. The number of fused-ring (bicyclic) bond motifs is 1. The molecular weight excluding hydrogens is 236 g/mol. The van der Waals surface area contributed by atoms with Crippen molar-refractivity contribution in [3.63, 3.8) is 0 Å². The van der Waals surface area contributed by atoms with Gasteiger partial charge in [0.1, 0.15) is 5.82 Å². The Morgan fingerprint density at radius 3 is 2.84 bits per heavy atom. The first-order valence-electron chi connectivity index (χ1n) is 6.31. The molecule has 2 aromatic heterocycles. The van der Waals surface area contributed by atoms with Crippen LogP contribution in [0.25, 0.3) is 11.0 Å². The Balaban J connectivity index is 2.02. The molecule has 96 valence electrons. The third-order valence-electron chi connectivity index (χ3n) is 3.36. The number of aryl methyl sites for hydroxylation is 1. The third kappa shape index (κ3) is 2.22. The lowest BCUT2D eigenvalue weighted by atomic mass is 10.2. The molecule has 19 heavy (non-hydrogen) atoms. The van der Waals surface area contributed by atoms with Crippen LogP contribution < -0.4 is 5.73 Å². The molecule has 0 saturated carbocycles. The van der Waals surface area contributed by atoms with Crippen molar-refractivity contribution in [1.82, 2.24) is 14.5 Å². The molecule has 3 aromatic rings. The van der Waals surface area contributed by atoms with E-state index in [-0.39, 0.29) is 0 Å². The van der Waals surface area contributed by atoms with Gasteiger partial charge < -0.3 is 10.3 Å².